The van der Waals surface area contributed by atoms with Gasteiger partial charge in [0, 0.05) is 19.0 Å². The zero-order valence-corrected chi connectivity index (χ0v) is 13.0. The van der Waals surface area contributed by atoms with Gasteiger partial charge in [-0.25, -0.2) is 13.8 Å². The summed E-state index contributed by atoms with van der Waals surface area (Å²) in [5.74, 6) is -2.87. The van der Waals surface area contributed by atoms with Crippen LogP contribution in [-0.2, 0) is 16.1 Å². The van der Waals surface area contributed by atoms with E-state index in [1.807, 2.05) is 0 Å². The van der Waals surface area contributed by atoms with Crippen molar-refractivity contribution in [2.24, 2.45) is 0 Å². The Balaban J connectivity index is 1.75. The lowest BCUT2D eigenvalue weighted by molar-refractivity contribution is -0.128. The highest BCUT2D eigenvalue weighted by Gasteiger charge is 2.36. The first kappa shape index (κ1) is 15.4. The number of anilines is 1. The minimum absolute atomic E-state index is 0.000390. The summed E-state index contributed by atoms with van der Waals surface area (Å²) in [6.45, 7) is 0.375. The molecule has 1 atom stereocenters. The van der Waals surface area contributed by atoms with Crippen molar-refractivity contribution in [3.8, 4) is 0 Å². The second-order valence-corrected chi connectivity index (χ2v) is 5.87. The van der Waals surface area contributed by atoms with Gasteiger partial charge in [0.05, 0.1) is 16.7 Å². The summed E-state index contributed by atoms with van der Waals surface area (Å²) < 4.78 is 28.9. The maximum absolute atomic E-state index is 13.8. The molecule has 0 bridgehead atoms. The van der Waals surface area contributed by atoms with Crippen molar-refractivity contribution in [2.45, 2.75) is 18.9 Å². The second kappa shape index (κ2) is 5.77. The molecule has 0 saturated carbocycles. The summed E-state index contributed by atoms with van der Waals surface area (Å²) in [6.07, 6.45) is 0.158. The third-order valence-corrected chi connectivity index (χ3v) is 4.30. The van der Waals surface area contributed by atoms with Crippen molar-refractivity contribution in [2.75, 3.05) is 5.32 Å². The van der Waals surface area contributed by atoms with E-state index in [2.05, 4.69) is 10.3 Å². The van der Waals surface area contributed by atoms with Crippen LogP contribution in [0.1, 0.15) is 18.2 Å². The number of hydrogen-bond acceptors (Lipinski definition) is 3. The van der Waals surface area contributed by atoms with Gasteiger partial charge in [-0.2, -0.15) is 0 Å². The Morgan fingerprint density at radius 3 is 2.80 bits per heavy atom. The SMILES string of the molecule is O=C1CCn2c(nc3cc(F)ccc32)C1C(=O)Nc1ccccc1F. The van der Waals surface area contributed by atoms with Gasteiger partial charge in [0.25, 0.3) is 0 Å². The number of aromatic nitrogens is 2. The fraction of sp³-hybridized carbons (Fsp3) is 0.167. The highest BCUT2D eigenvalue weighted by molar-refractivity contribution is 6.12. The molecule has 1 aliphatic rings. The highest BCUT2D eigenvalue weighted by atomic mass is 19.1. The zero-order chi connectivity index (χ0) is 17.6. The van der Waals surface area contributed by atoms with Crippen LogP contribution < -0.4 is 5.32 Å². The van der Waals surface area contributed by atoms with Crippen LogP contribution in [0.4, 0.5) is 14.5 Å². The number of nitrogens with zero attached hydrogens (tertiary/aromatic N) is 2. The number of para-hydroxylation sites is 1. The number of ketones is 1. The molecular weight excluding hydrogens is 328 g/mol. The summed E-state index contributed by atoms with van der Waals surface area (Å²) in [5, 5.41) is 2.44. The van der Waals surface area contributed by atoms with Gasteiger partial charge in [-0.05, 0) is 24.3 Å². The topological polar surface area (TPSA) is 64.0 Å². The molecule has 1 aliphatic heterocycles. The molecule has 126 valence electrons. The number of amides is 1. The van der Waals surface area contributed by atoms with Gasteiger partial charge in [0.2, 0.25) is 5.91 Å². The van der Waals surface area contributed by atoms with Gasteiger partial charge in [0.15, 0.2) is 11.7 Å². The lowest BCUT2D eigenvalue weighted by atomic mass is 9.96. The van der Waals surface area contributed by atoms with E-state index in [4.69, 9.17) is 0 Å². The standard InChI is InChI=1S/C18H13F2N3O2/c19-10-5-6-14-13(9-10)21-17-16(15(24)7-8-23(14)17)18(25)22-12-4-2-1-3-11(12)20/h1-6,9,16H,7-8H2,(H,22,25). The number of benzene rings is 2. The molecule has 0 fully saturated rings. The summed E-state index contributed by atoms with van der Waals surface area (Å²) in [6, 6.07) is 9.86. The van der Waals surface area contributed by atoms with Gasteiger partial charge >= 0.3 is 0 Å². The fourth-order valence-corrected chi connectivity index (χ4v) is 3.12. The second-order valence-electron chi connectivity index (χ2n) is 5.87. The quantitative estimate of drug-likeness (QED) is 0.729. The Hall–Kier alpha value is -3.09. The van der Waals surface area contributed by atoms with E-state index in [1.165, 1.54) is 30.3 Å². The van der Waals surface area contributed by atoms with Gasteiger partial charge in [-0.1, -0.05) is 12.1 Å². The van der Waals surface area contributed by atoms with Crippen LogP contribution in [-0.4, -0.2) is 21.2 Å². The Labute approximate surface area is 141 Å². The third kappa shape index (κ3) is 2.57. The van der Waals surface area contributed by atoms with Crippen molar-refractivity contribution < 1.29 is 18.4 Å². The van der Waals surface area contributed by atoms with Crippen LogP contribution >= 0.6 is 0 Å². The Bertz CT molecular complexity index is 1010. The maximum Gasteiger partial charge on any atom is 0.242 e. The van der Waals surface area contributed by atoms with Crippen molar-refractivity contribution in [1.82, 2.24) is 9.55 Å². The lowest BCUT2D eigenvalue weighted by Gasteiger charge is -2.22. The van der Waals surface area contributed by atoms with Gasteiger partial charge < -0.3 is 9.88 Å². The molecule has 2 aromatic carbocycles. The average Bonchev–Trinajstić information content (AvgIpc) is 2.93. The molecule has 5 nitrogen and oxygen atoms in total. The largest absolute Gasteiger partial charge is 0.326 e. The van der Waals surface area contributed by atoms with Gasteiger partial charge in [0.1, 0.15) is 17.5 Å². The number of halogens is 2. The first-order chi connectivity index (χ1) is 12.0. The normalized spacial score (nSPS) is 16.7. The molecule has 4 rings (SSSR count). The molecule has 2 heterocycles. The Morgan fingerprint density at radius 2 is 2.00 bits per heavy atom. The molecule has 1 unspecified atom stereocenters. The van der Waals surface area contributed by atoms with E-state index in [9.17, 15) is 18.4 Å². The summed E-state index contributed by atoms with van der Waals surface area (Å²) in [5.41, 5.74) is 1.04. The average molecular weight is 341 g/mol. The Kier molecular flexibility index (Phi) is 3.56. The summed E-state index contributed by atoms with van der Waals surface area (Å²) in [7, 11) is 0. The first-order valence-electron chi connectivity index (χ1n) is 7.78. The van der Waals surface area contributed by atoms with Crippen LogP contribution in [0.3, 0.4) is 0 Å². The van der Waals surface area contributed by atoms with Crippen molar-refractivity contribution in [3.05, 3.63) is 59.9 Å². The molecular formula is C18H13F2N3O2. The molecule has 0 saturated heterocycles. The Morgan fingerprint density at radius 1 is 1.20 bits per heavy atom. The van der Waals surface area contributed by atoms with Crippen LogP contribution in [0.2, 0.25) is 0 Å². The van der Waals surface area contributed by atoms with Crippen molar-refractivity contribution in [3.63, 3.8) is 0 Å². The maximum atomic E-state index is 13.8. The number of rotatable bonds is 2. The number of carbonyl (C=O) groups is 2. The smallest absolute Gasteiger partial charge is 0.242 e. The van der Waals surface area contributed by atoms with Crippen LogP contribution in [0.5, 0.6) is 0 Å². The third-order valence-electron chi connectivity index (χ3n) is 4.30. The summed E-state index contributed by atoms with van der Waals surface area (Å²) >= 11 is 0. The summed E-state index contributed by atoms with van der Waals surface area (Å²) in [4.78, 5) is 29.2. The molecule has 1 amide bonds. The van der Waals surface area contributed by atoms with Crippen LogP contribution in [0.15, 0.2) is 42.5 Å². The molecule has 1 aromatic heterocycles. The van der Waals surface area contributed by atoms with E-state index in [1.54, 1.807) is 16.7 Å². The predicted octanol–water partition coefficient (Wildman–Crippen LogP) is 3.01. The van der Waals surface area contributed by atoms with E-state index < -0.39 is 23.5 Å². The zero-order valence-electron chi connectivity index (χ0n) is 13.0. The molecule has 7 heteroatoms. The molecule has 1 N–H and O–H groups in total. The molecule has 0 spiro atoms. The van der Waals surface area contributed by atoms with Crippen LogP contribution in [0.25, 0.3) is 11.0 Å². The van der Waals surface area contributed by atoms with Gasteiger partial charge in [-0.3, -0.25) is 9.59 Å². The number of nitrogens with one attached hydrogen (secondary N) is 1. The minimum Gasteiger partial charge on any atom is -0.326 e. The fourth-order valence-electron chi connectivity index (χ4n) is 3.12. The molecule has 0 aliphatic carbocycles. The number of carbonyl (C=O) groups excluding carboxylic acids is 2. The first-order valence-corrected chi connectivity index (χ1v) is 7.78. The number of imidazole rings is 1. The number of fused-ring (bicyclic) bond motifs is 3. The molecule has 3 aromatic rings. The predicted molar refractivity (Wildman–Crippen MR) is 87.1 cm³/mol. The number of Topliss-reactive ketones (excluding diaryl/α,β-unsaturated/α-hetero) is 1. The highest BCUT2D eigenvalue weighted by Crippen LogP contribution is 2.30. The van der Waals surface area contributed by atoms with Gasteiger partial charge in [-0.15, -0.1) is 0 Å². The monoisotopic (exact) mass is 341 g/mol. The van der Waals surface area contributed by atoms with E-state index in [-0.39, 0.29) is 23.7 Å². The van der Waals surface area contributed by atoms with Crippen LogP contribution in [0, 0.1) is 11.6 Å². The number of aryl methyl sites for hydroxylation is 1. The minimum atomic E-state index is -1.15. The molecule has 0 radical (unpaired) electrons. The van der Waals surface area contributed by atoms with E-state index >= 15 is 0 Å². The lowest BCUT2D eigenvalue weighted by Crippen LogP contribution is -2.34. The van der Waals surface area contributed by atoms with Crippen molar-refractivity contribution >= 4 is 28.4 Å². The van der Waals surface area contributed by atoms with E-state index in [0.29, 0.717) is 17.6 Å². The van der Waals surface area contributed by atoms with Crippen molar-refractivity contribution in [1.29, 1.82) is 0 Å². The van der Waals surface area contributed by atoms with E-state index in [0.717, 1.165) is 0 Å². The molecule has 25 heavy (non-hydrogen) atoms. The number of hydrogen-bond donors (Lipinski definition) is 1.